The number of benzene rings is 1. The Morgan fingerprint density at radius 1 is 1.00 bits per heavy atom. The third-order valence-electron chi connectivity index (χ3n) is 3.54. The van der Waals surface area contributed by atoms with Crippen molar-refractivity contribution in [1.82, 2.24) is 10.6 Å². The molecule has 2 aliphatic heterocycles. The number of hydrogen-bond acceptors (Lipinski definition) is 4. The standard InChI is InChI=1S/C15H13N3O3S/c1-7(2)18-9-6-4-3-5-8(9)10(14(18)21)11-12(19)16-15(22)17-13(11)20/h3-7H,1-2H3,(H2,16,17,19,20,22). The van der Waals surface area contributed by atoms with E-state index in [0.29, 0.717) is 11.3 Å². The van der Waals surface area contributed by atoms with Gasteiger partial charge in [-0.25, -0.2) is 0 Å². The van der Waals surface area contributed by atoms with Crippen molar-refractivity contribution in [3.05, 3.63) is 35.4 Å². The van der Waals surface area contributed by atoms with Crippen LogP contribution in [0.4, 0.5) is 5.69 Å². The molecule has 0 unspecified atom stereocenters. The Balaban J connectivity index is 2.25. The van der Waals surface area contributed by atoms with E-state index in [4.69, 9.17) is 12.2 Å². The van der Waals surface area contributed by atoms with E-state index in [1.807, 2.05) is 19.9 Å². The van der Waals surface area contributed by atoms with Crippen LogP contribution in [0.5, 0.6) is 0 Å². The molecule has 0 spiro atoms. The normalized spacial score (nSPS) is 17.9. The number of nitrogens with one attached hydrogen (secondary N) is 2. The van der Waals surface area contributed by atoms with Crippen LogP contribution in [0.25, 0.3) is 5.57 Å². The van der Waals surface area contributed by atoms with Crippen LogP contribution in [0.1, 0.15) is 19.4 Å². The van der Waals surface area contributed by atoms with Crippen LogP contribution >= 0.6 is 12.2 Å². The van der Waals surface area contributed by atoms with Crippen molar-refractivity contribution < 1.29 is 14.4 Å². The van der Waals surface area contributed by atoms with Crippen LogP contribution in [0.2, 0.25) is 0 Å². The molecule has 0 bridgehead atoms. The second-order valence-electron chi connectivity index (χ2n) is 5.27. The number of hydrogen-bond donors (Lipinski definition) is 2. The molecule has 2 N–H and O–H groups in total. The molecule has 2 heterocycles. The maximum atomic E-state index is 12.8. The molecule has 1 fully saturated rings. The molecule has 6 nitrogen and oxygen atoms in total. The van der Waals surface area contributed by atoms with Crippen molar-refractivity contribution in [1.29, 1.82) is 0 Å². The number of thiocarbonyl (C=S) groups is 1. The molecule has 0 atom stereocenters. The van der Waals surface area contributed by atoms with E-state index >= 15 is 0 Å². The number of rotatable bonds is 1. The minimum Gasteiger partial charge on any atom is -0.305 e. The highest BCUT2D eigenvalue weighted by atomic mass is 32.1. The van der Waals surface area contributed by atoms with E-state index in [1.54, 1.807) is 23.1 Å². The average Bonchev–Trinajstić information content (AvgIpc) is 2.71. The van der Waals surface area contributed by atoms with Gasteiger partial charge in [0.1, 0.15) is 5.57 Å². The summed E-state index contributed by atoms with van der Waals surface area (Å²) in [7, 11) is 0. The van der Waals surface area contributed by atoms with Crippen LogP contribution in [-0.4, -0.2) is 28.9 Å². The monoisotopic (exact) mass is 315 g/mol. The van der Waals surface area contributed by atoms with Crippen molar-refractivity contribution in [3.63, 3.8) is 0 Å². The topological polar surface area (TPSA) is 78.5 Å². The Morgan fingerprint density at radius 2 is 1.59 bits per heavy atom. The summed E-state index contributed by atoms with van der Waals surface area (Å²) in [5, 5.41) is 4.67. The van der Waals surface area contributed by atoms with Gasteiger partial charge < -0.3 is 4.90 Å². The zero-order valence-corrected chi connectivity index (χ0v) is 12.8. The van der Waals surface area contributed by atoms with E-state index in [9.17, 15) is 14.4 Å². The highest BCUT2D eigenvalue weighted by Crippen LogP contribution is 2.39. The van der Waals surface area contributed by atoms with Gasteiger partial charge in [-0.05, 0) is 32.1 Å². The molecule has 22 heavy (non-hydrogen) atoms. The molecule has 1 saturated heterocycles. The average molecular weight is 315 g/mol. The lowest BCUT2D eigenvalue weighted by molar-refractivity contribution is -0.124. The number of fused-ring (bicyclic) bond motifs is 1. The number of para-hydroxylation sites is 1. The molecule has 112 valence electrons. The second-order valence-corrected chi connectivity index (χ2v) is 5.68. The quantitative estimate of drug-likeness (QED) is 0.455. The Bertz CT molecular complexity index is 745. The summed E-state index contributed by atoms with van der Waals surface area (Å²) < 4.78 is 0. The van der Waals surface area contributed by atoms with Crippen LogP contribution in [-0.2, 0) is 14.4 Å². The van der Waals surface area contributed by atoms with E-state index in [-0.39, 0.29) is 28.2 Å². The summed E-state index contributed by atoms with van der Waals surface area (Å²) in [6.45, 7) is 3.75. The first kappa shape index (κ1) is 14.4. The summed E-state index contributed by atoms with van der Waals surface area (Å²) in [5.41, 5.74) is 1.18. The summed E-state index contributed by atoms with van der Waals surface area (Å²) in [6.07, 6.45) is 0. The molecule has 0 radical (unpaired) electrons. The fraction of sp³-hybridized carbons (Fsp3) is 0.200. The highest BCUT2D eigenvalue weighted by molar-refractivity contribution is 7.80. The maximum absolute atomic E-state index is 12.8. The predicted molar refractivity (Wildman–Crippen MR) is 84.9 cm³/mol. The predicted octanol–water partition coefficient (Wildman–Crippen LogP) is 0.726. The van der Waals surface area contributed by atoms with Crippen molar-refractivity contribution in [2.75, 3.05) is 4.90 Å². The van der Waals surface area contributed by atoms with Crippen molar-refractivity contribution in [2.24, 2.45) is 0 Å². The number of nitrogens with zero attached hydrogens (tertiary/aromatic N) is 1. The fourth-order valence-electron chi connectivity index (χ4n) is 2.69. The van der Waals surface area contributed by atoms with E-state index in [0.717, 1.165) is 0 Å². The van der Waals surface area contributed by atoms with Gasteiger partial charge in [-0.2, -0.15) is 0 Å². The van der Waals surface area contributed by atoms with Gasteiger partial charge in [0, 0.05) is 11.6 Å². The van der Waals surface area contributed by atoms with E-state index in [2.05, 4.69) is 10.6 Å². The molecule has 0 saturated carbocycles. The lowest BCUT2D eigenvalue weighted by Gasteiger charge is -2.22. The summed E-state index contributed by atoms with van der Waals surface area (Å²) >= 11 is 4.78. The minimum atomic E-state index is -0.655. The van der Waals surface area contributed by atoms with Gasteiger partial charge >= 0.3 is 0 Å². The summed E-state index contributed by atoms with van der Waals surface area (Å²) in [5.74, 6) is -1.67. The van der Waals surface area contributed by atoms with Gasteiger partial charge in [0.25, 0.3) is 17.7 Å². The molecule has 1 aromatic carbocycles. The Hall–Kier alpha value is -2.54. The van der Waals surface area contributed by atoms with Gasteiger partial charge in [-0.15, -0.1) is 0 Å². The van der Waals surface area contributed by atoms with Crippen LogP contribution in [0.3, 0.4) is 0 Å². The van der Waals surface area contributed by atoms with Gasteiger partial charge in [-0.3, -0.25) is 25.0 Å². The molecule has 3 amide bonds. The van der Waals surface area contributed by atoms with Crippen LogP contribution in [0.15, 0.2) is 29.8 Å². The largest absolute Gasteiger partial charge is 0.305 e. The SMILES string of the molecule is CC(C)N1C(=O)C(=C2C(=O)NC(=S)NC2=O)c2ccccc21. The maximum Gasteiger partial charge on any atom is 0.263 e. The van der Waals surface area contributed by atoms with Gasteiger partial charge in [0.05, 0.1) is 11.3 Å². The van der Waals surface area contributed by atoms with Crippen molar-refractivity contribution in [3.8, 4) is 0 Å². The smallest absolute Gasteiger partial charge is 0.263 e. The first-order valence-corrected chi connectivity index (χ1v) is 7.16. The van der Waals surface area contributed by atoms with E-state index in [1.165, 1.54) is 0 Å². The number of carbonyl (C=O) groups excluding carboxylic acids is 3. The molecule has 1 aromatic rings. The van der Waals surface area contributed by atoms with Gasteiger partial charge in [0.2, 0.25) is 0 Å². The first-order chi connectivity index (χ1) is 10.4. The molecule has 2 aliphatic rings. The van der Waals surface area contributed by atoms with Gasteiger partial charge in [0.15, 0.2) is 5.11 Å². The Morgan fingerprint density at radius 3 is 2.18 bits per heavy atom. The third-order valence-corrected chi connectivity index (χ3v) is 3.74. The second kappa shape index (κ2) is 5.03. The van der Waals surface area contributed by atoms with Crippen molar-refractivity contribution >= 4 is 46.3 Å². The van der Waals surface area contributed by atoms with Crippen LogP contribution < -0.4 is 15.5 Å². The molecule has 7 heteroatoms. The lowest BCUT2D eigenvalue weighted by Crippen LogP contribution is -2.52. The van der Waals surface area contributed by atoms with Crippen molar-refractivity contribution in [2.45, 2.75) is 19.9 Å². The molecular formula is C15H13N3O3S. The third kappa shape index (κ3) is 2.01. The zero-order chi connectivity index (χ0) is 16.0. The highest BCUT2D eigenvalue weighted by Gasteiger charge is 2.40. The molecule has 0 aliphatic carbocycles. The number of amides is 3. The summed E-state index contributed by atoms with van der Waals surface area (Å²) in [4.78, 5) is 38.6. The lowest BCUT2D eigenvalue weighted by atomic mass is 9.99. The molecular weight excluding hydrogens is 302 g/mol. The van der Waals surface area contributed by atoms with Gasteiger partial charge in [-0.1, -0.05) is 18.2 Å². The Kier molecular flexibility index (Phi) is 3.29. The summed E-state index contributed by atoms with van der Waals surface area (Å²) in [6, 6.07) is 7.00. The Labute approximate surface area is 132 Å². The number of carbonyl (C=O) groups is 3. The van der Waals surface area contributed by atoms with E-state index < -0.39 is 11.8 Å². The fourth-order valence-corrected chi connectivity index (χ4v) is 2.87. The zero-order valence-electron chi connectivity index (χ0n) is 12.0. The first-order valence-electron chi connectivity index (χ1n) is 6.75. The van der Waals surface area contributed by atoms with Crippen LogP contribution in [0, 0.1) is 0 Å². The number of anilines is 1. The molecule has 0 aromatic heterocycles. The minimum absolute atomic E-state index is 0.0567. The molecule has 3 rings (SSSR count).